The van der Waals surface area contributed by atoms with Gasteiger partial charge in [-0.15, -0.1) is 0 Å². The Morgan fingerprint density at radius 3 is 1.18 bits per heavy atom. The highest BCUT2D eigenvalue weighted by atomic mass is 16.8. The summed E-state index contributed by atoms with van der Waals surface area (Å²) in [6, 6.07) is -1.23. The van der Waals surface area contributed by atoms with E-state index in [0.29, 0.717) is 0 Å². The Morgan fingerprint density at radius 1 is 0.682 bits per heavy atom. The topological polar surface area (TPSA) is 134 Å². The van der Waals surface area contributed by atoms with E-state index < -0.39 is 48.1 Å². The van der Waals surface area contributed by atoms with Crippen molar-refractivity contribution in [1.29, 1.82) is 0 Å². The van der Waals surface area contributed by atoms with Crippen LogP contribution in [0, 0.1) is 0 Å². The molecule has 3 rings (SSSR count). The van der Waals surface area contributed by atoms with E-state index in [4.69, 9.17) is 30.0 Å². The molecule has 0 amide bonds. The van der Waals surface area contributed by atoms with Gasteiger partial charge in [-0.1, -0.05) is 10.2 Å². The van der Waals surface area contributed by atoms with Gasteiger partial charge in [0.2, 0.25) is 0 Å². The molecule has 120 valence electrons. The zero-order valence-corrected chi connectivity index (χ0v) is 12.8. The third kappa shape index (κ3) is 2.40. The SMILES string of the molecule is CC1(C)O[C@@H]2C(N=[N+]=[N-])[C@H]3OC(C)(C)O[C@H]3C(N=[N+]=[N-])[C@H]2O1. The maximum Gasteiger partial charge on any atom is 0.163 e. The first-order valence-corrected chi connectivity index (χ1v) is 7.08. The molecule has 0 aromatic carbocycles. The number of ether oxygens (including phenoxy) is 4. The minimum Gasteiger partial charge on any atom is -0.344 e. The summed E-state index contributed by atoms with van der Waals surface area (Å²) in [5, 5.41) is 7.66. The van der Waals surface area contributed by atoms with Gasteiger partial charge < -0.3 is 18.9 Å². The monoisotopic (exact) mass is 310 g/mol. The summed E-state index contributed by atoms with van der Waals surface area (Å²) < 4.78 is 23.5. The predicted molar refractivity (Wildman–Crippen MR) is 73.5 cm³/mol. The summed E-state index contributed by atoms with van der Waals surface area (Å²) in [6.07, 6.45) is -2.22. The van der Waals surface area contributed by atoms with E-state index in [1.165, 1.54) is 0 Å². The van der Waals surface area contributed by atoms with E-state index >= 15 is 0 Å². The van der Waals surface area contributed by atoms with Gasteiger partial charge in [0.1, 0.15) is 0 Å². The van der Waals surface area contributed by atoms with Gasteiger partial charge in [0.15, 0.2) is 11.6 Å². The smallest absolute Gasteiger partial charge is 0.163 e. The first-order chi connectivity index (χ1) is 10.3. The molecule has 1 aliphatic carbocycles. The highest BCUT2D eigenvalue weighted by Gasteiger charge is 2.62. The van der Waals surface area contributed by atoms with Crippen LogP contribution in [0.25, 0.3) is 20.9 Å². The Hall–Kier alpha value is -1.54. The van der Waals surface area contributed by atoms with Crippen LogP contribution in [0.2, 0.25) is 0 Å². The molecule has 0 aromatic heterocycles. The third-order valence-electron chi connectivity index (χ3n) is 4.04. The molecule has 6 atom stereocenters. The van der Waals surface area contributed by atoms with E-state index in [0.717, 1.165) is 0 Å². The lowest BCUT2D eigenvalue weighted by Gasteiger charge is -2.39. The Bertz CT molecular complexity index is 490. The molecule has 0 bridgehead atoms. The van der Waals surface area contributed by atoms with Crippen molar-refractivity contribution in [1.82, 2.24) is 0 Å². The normalized spacial score (nSPS) is 44.4. The van der Waals surface area contributed by atoms with Crippen LogP contribution in [0.15, 0.2) is 10.2 Å². The molecule has 22 heavy (non-hydrogen) atoms. The number of azide groups is 2. The van der Waals surface area contributed by atoms with Crippen LogP contribution in [0.3, 0.4) is 0 Å². The molecule has 2 heterocycles. The van der Waals surface area contributed by atoms with Crippen molar-refractivity contribution < 1.29 is 18.9 Å². The van der Waals surface area contributed by atoms with E-state index in [9.17, 15) is 0 Å². The summed E-state index contributed by atoms with van der Waals surface area (Å²) in [7, 11) is 0. The van der Waals surface area contributed by atoms with Crippen molar-refractivity contribution in [3.8, 4) is 0 Å². The molecule has 2 aliphatic heterocycles. The highest BCUT2D eigenvalue weighted by Crippen LogP contribution is 2.46. The van der Waals surface area contributed by atoms with Gasteiger partial charge in [-0.05, 0) is 38.8 Å². The quantitative estimate of drug-likeness (QED) is 0.439. The predicted octanol–water partition coefficient (Wildman–Crippen LogP) is 2.40. The van der Waals surface area contributed by atoms with E-state index in [-0.39, 0.29) is 0 Å². The zero-order valence-electron chi connectivity index (χ0n) is 12.8. The number of hydrogen-bond donors (Lipinski definition) is 0. The van der Waals surface area contributed by atoms with Crippen molar-refractivity contribution >= 4 is 0 Å². The lowest BCUT2D eigenvalue weighted by atomic mass is 9.82. The van der Waals surface area contributed by atoms with Gasteiger partial charge in [-0.3, -0.25) is 0 Å². The molecule has 10 heteroatoms. The number of fused-ring (bicyclic) bond motifs is 2. The van der Waals surface area contributed by atoms with Crippen LogP contribution in [-0.4, -0.2) is 48.1 Å². The first-order valence-electron chi connectivity index (χ1n) is 7.08. The molecule has 1 saturated carbocycles. The van der Waals surface area contributed by atoms with Crippen LogP contribution in [0.5, 0.6) is 0 Å². The summed E-state index contributed by atoms with van der Waals surface area (Å²) in [5.74, 6) is -1.73. The van der Waals surface area contributed by atoms with Crippen LogP contribution in [0.1, 0.15) is 27.7 Å². The lowest BCUT2D eigenvalue weighted by Crippen LogP contribution is -2.60. The van der Waals surface area contributed by atoms with Crippen molar-refractivity contribution in [2.75, 3.05) is 0 Å². The summed E-state index contributed by atoms with van der Waals surface area (Å²) in [5.41, 5.74) is 17.7. The molecule has 0 aromatic rings. The summed E-state index contributed by atoms with van der Waals surface area (Å²) in [6.45, 7) is 7.03. The molecular formula is C12H18N6O4. The number of nitrogens with zero attached hydrogens (tertiary/aromatic N) is 6. The standard InChI is InChI=1S/C12H18N6O4/c1-11(2)19-7-5(15-17-13)9-10(22-12(3,4)21-9)6(16-18-14)8(7)20-11/h5-10H,1-4H3/t5?,6?,7-,8-,9-,10+/m1/s1. The van der Waals surface area contributed by atoms with Crippen LogP contribution < -0.4 is 0 Å². The second-order valence-electron chi connectivity index (χ2n) is 6.52. The van der Waals surface area contributed by atoms with Gasteiger partial charge in [-0.2, -0.15) is 0 Å². The van der Waals surface area contributed by atoms with Crippen LogP contribution in [-0.2, 0) is 18.9 Å². The van der Waals surface area contributed by atoms with Gasteiger partial charge in [0.05, 0.1) is 36.5 Å². The minimum absolute atomic E-state index is 0.555. The maximum absolute atomic E-state index is 8.87. The van der Waals surface area contributed by atoms with Crippen molar-refractivity contribution in [3.63, 3.8) is 0 Å². The molecule has 10 nitrogen and oxygen atoms in total. The van der Waals surface area contributed by atoms with Crippen molar-refractivity contribution in [2.45, 2.75) is 75.8 Å². The van der Waals surface area contributed by atoms with E-state index in [1.54, 1.807) is 27.7 Å². The van der Waals surface area contributed by atoms with Crippen LogP contribution in [0.4, 0.5) is 0 Å². The Labute approximate surface area is 126 Å². The summed E-state index contributed by atoms with van der Waals surface area (Å²) >= 11 is 0. The van der Waals surface area contributed by atoms with Gasteiger partial charge in [-0.25, -0.2) is 0 Å². The molecular weight excluding hydrogens is 292 g/mol. The van der Waals surface area contributed by atoms with Crippen molar-refractivity contribution in [3.05, 3.63) is 20.9 Å². The summed E-state index contributed by atoms with van der Waals surface area (Å²) in [4.78, 5) is 5.79. The van der Waals surface area contributed by atoms with E-state index in [2.05, 4.69) is 20.1 Å². The minimum atomic E-state index is -0.865. The molecule has 0 N–H and O–H groups in total. The third-order valence-corrected chi connectivity index (χ3v) is 4.04. The highest BCUT2D eigenvalue weighted by molar-refractivity contribution is 5.12. The van der Waals surface area contributed by atoms with Gasteiger partial charge >= 0.3 is 0 Å². The fourth-order valence-corrected chi connectivity index (χ4v) is 3.45. The molecule has 3 aliphatic rings. The largest absolute Gasteiger partial charge is 0.344 e. The zero-order chi connectivity index (χ0) is 16.1. The Morgan fingerprint density at radius 2 is 0.955 bits per heavy atom. The Balaban J connectivity index is 2.03. The van der Waals surface area contributed by atoms with Gasteiger partial charge in [0, 0.05) is 9.82 Å². The molecule has 0 spiro atoms. The molecule has 3 fully saturated rings. The van der Waals surface area contributed by atoms with Gasteiger partial charge in [0.25, 0.3) is 0 Å². The molecule has 0 radical (unpaired) electrons. The maximum atomic E-state index is 8.87. The van der Waals surface area contributed by atoms with Crippen LogP contribution >= 0.6 is 0 Å². The van der Waals surface area contributed by atoms with Crippen molar-refractivity contribution in [2.24, 2.45) is 10.2 Å². The van der Waals surface area contributed by atoms with E-state index in [1.807, 2.05) is 0 Å². The first kappa shape index (κ1) is 15.4. The molecule has 2 unspecified atom stereocenters. The average Bonchev–Trinajstić information content (AvgIpc) is 2.89. The average molecular weight is 310 g/mol. The number of rotatable bonds is 2. The second kappa shape index (κ2) is 4.99. The number of hydrogen-bond acceptors (Lipinski definition) is 6. The fraction of sp³-hybridized carbons (Fsp3) is 1.00. The molecule has 2 saturated heterocycles. The Kier molecular flexibility index (Phi) is 3.48. The second-order valence-corrected chi connectivity index (χ2v) is 6.52. The lowest BCUT2D eigenvalue weighted by molar-refractivity contribution is -0.166. The fourth-order valence-electron chi connectivity index (χ4n) is 3.45.